The molecule has 62 valence electrons. The van der Waals surface area contributed by atoms with Gasteiger partial charge in [0.2, 0.25) is 0 Å². The SMILES string of the molecule is CCC(C(C)Cl)C(F)(F)F. The molecule has 0 rings (SSSR count). The number of alkyl halides is 4. The third-order valence-corrected chi connectivity index (χ3v) is 1.72. The van der Waals surface area contributed by atoms with Crippen LogP contribution >= 0.6 is 11.6 Å². The summed E-state index contributed by atoms with van der Waals surface area (Å²) in [5.41, 5.74) is 0. The van der Waals surface area contributed by atoms with Crippen molar-refractivity contribution in [3.63, 3.8) is 0 Å². The third-order valence-electron chi connectivity index (χ3n) is 1.41. The molecule has 0 aromatic heterocycles. The average molecular weight is 175 g/mol. The van der Waals surface area contributed by atoms with Crippen molar-refractivity contribution in [1.82, 2.24) is 0 Å². The minimum atomic E-state index is -4.14. The highest BCUT2D eigenvalue weighted by molar-refractivity contribution is 6.20. The molecule has 0 radical (unpaired) electrons. The van der Waals surface area contributed by atoms with Crippen molar-refractivity contribution in [3.8, 4) is 0 Å². The lowest BCUT2D eigenvalue weighted by molar-refractivity contribution is -0.174. The molecule has 0 heterocycles. The number of hydrogen-bond acceptors (Lipinski definition) is 0. The summed E-state index contributed by atoms with van der Waals surface area (Å²) in [6.45, 7) is 2.85. The van der Waals surface area contributed by atoms with Gasteiger partial charge in [-0.15, -0.1) is 11.6 Å². The molecule has 2 atom stereocenters. The lowest BCUT2D eigenvalue weighted by Crippen LogP contribution is -2.28. The Labute approximate surface area is 63.4 Å². The van der Waals surface area contributed by atoms with Gasteiger partial charge in [-0.3, -0.25) is 0 Å². The summed E-state index contributed by atoms with van der Waals surface area (Å²) in [6.07, 6.45) is -4.09. The largest absolute Gasteiger partial charge is 0.393 e. The molecule has 0 spiro atoms. The fraction of sp³-hybridized carbons (Fsp3) is 1.00. The van der Waals surface area contributed by atoms with Crippen LogP contribution in [0.3, 0.4) is 0 Å². The van der Waals surface area contributed by atoms with Crippen LogP contribution in [0.4, 0.5) is 13.2 Å². The summed E-state index contributed by atoms with van der Waals surface area (Å²) >= 11 is 5.31. The molecule has 0 aromatic rings. The van der Waals surface area contributed by atoms with Crippen molar-refractivity contribution in [2.75, 3.05) is 0 Å². The van der Waals surface area contributed by atoms with Gasteiger partial charge in [0.05, 0.1) is 5.92 Å². The molecule has 0 aliphatic carbocycles. The van der Waals surface area contributed by atoms with Crippen molar-refractivity contribution in [2.45, 2.75) is 31.8 Å². The van der Waals surface area contributed by atoms with Gasteiger partial charge < -0.3 is 0 Å². The van der Waals surface area contributed by atoms with Gasteiger partial charge in [-0.25, -0.2) is 0 Å². The van der Waals surface area contributed by atoms with E-state index in [9.17, 15) is 13.2 Å². The van der Waals surface area contributed by atoms with Gasteiger partial charge in [0, 0.05) is 5.38 Å². The highest BCUT2D eigenvalue weighted by Gasteiger charge is 2.40. The Balaban J connectivity index is 4.07. The van der Waals surface area contributed by atoms with Crippen molar-refractivity contribution in [3.05, 3.63) is 0 Å². The Morgan fingerprint density at radius 1 is 1.40 bits per heavy atom. The monoisotopic (exact) mass is 174 g/mol. The fourth-order valence-electron chi connectivity index (χ4n) is 0.817. The molecule has 10 heavy (non-hydrogen) atoms. The predicted molar refractivity (Wildman–Crippen MR) is 35.2 cm³/mol. The van der Waals surface area contributed by atoms with Crippen LogP contribution in [-0.4, -0.2) is 11.6 Å². The summed E-state index contributed by atoms with van der Waals surface area (Å²) in [6, 6.07) is 0. The van der Waals surface area contributed by atoms with Crippen molar-refractivity contribution in [1.29, 1.82) is 0 Å². The van der Waals surface area contributed by atoms with Gasteiger partial charge in [-0.05, 0) is 13.3 Å². The minimum Gasteiger partial charge on any atom is -0.171 e. The Bertz CT molecular complexity index is 97.7. The highest BCUT2D eigenvalue weighted by Crippen LogP contribution is 2.33. The minimum absolute atomic E-state index is 0.0498. The molecule has 2 unspecified atom stereocenters. The summed E-state index contributed by atoms with van der Waals surface area (Å²) in [4.78, 5) is 0. The first-order chi connectivity index (χ1) is 4.39. The van der Waals surface area contributed by atoms with E-state index in [1.165, 1.54) is 13.8 Å². The standard InChI is InChI=1S/C6H10ClF3/c1-3-5(4(2)7)6(8,9)10/h4-5H,3H2,1-2H3. The third kappa shape index (κ3) is 2.78. The van der Waals surface area contributed by atoms with Crippen molar-refractivity contribution >= 4 is 11.6 Å². The van der Waals surface area contributed by atoms with E-state index < -0.39 is 17.5 Å². The molecule has 0 bridgehead atoms. The van der Waals surface area contributed by atoms with Gasteiger partial charge in [0.1, 0.15) is 0 Å². The van der Waals surface area contributed by atoms with Crippen LogP contribution in [0.15, 0.2) is 0 Å². The van der Waals surface area contributed by atoms with E-state index in [1.54, 1.807) is 0 Å². The average Bonchev–Trinajstić information content (AvgIpc) is 1.60. The molecular weight excluding hydrogens is 165 g/mol. The van der Waals surface area contributed by atoms with Crippen molar-refractivity contribution in [2.24, 2.45) is 5.92 Å². The first-order valence-electron chi connectivity index (χ1n) is 3.10. The van der Waals surface area contributed by atoms with Gasteiger partial charge in [0.15, 0.2) is 0 Å². The highest BCUT2D eigenvalue weighted by atomic mass is 35.5. The van der Waals surface area contributed by atoms with Crippen LogP contribution < -0.4 is 0 Å². The summed E-state index contributed by atoms with van der Waals surface area (Å²) in [7, 11) is 0. The quantitative estimate of drug-likeness (QED) is 0.564. The molecule has 4 heteroatoms. The molecule has 0 saturated heterocycles. The van der Waals surface area contributed by atoms with E-state index in [2.05, 4.69) is 0 Å². The molecule has 0 aliphatic rings. The second-order valence-corrected chi connectivity index (χ2v) is 2.92. The van der Waals surface area contributed by atoms with Crippen LogP contribution in [0.2, 0.25) is 0 Å². The summed E-state index contributed by atoms with van der Waals surface area (Å²) < 4.78 is 35.7. The van der Waals surface area contributed by atoms with Gasteiger partial charge in [0.25, 0.3) is 0 Å². The maximum atomic E-state index is 11.9. The van der Waals surface area contributed by atoms with Gasteiger partial charge in [-0.2, -0.15) is 13.2 Å². The molecule has 0 saturated carbocycles. The molecule has 0 amide bonds. The zero-order valence-electron chi connectivity index (χ0n) is 5.87. The van der Waals surface area contributed by atoms with Gasteiger partial charge in [-0.1, -0.05) is 6.92 Å². The Morgan fingerprint density at radius 2 is 1.80 bits per heavy atom. The van der Waals surface area contributed by atoms with E-state index in [-0.39, 0.29) is 6.42 Å². The first kappa shape index (κ1) is 10.1. The van der Waals surface area contributed by atoms with Crippen LogP contribution in [-0.2, 0) is 0 Å². The lowest BCUT2D eigenvalue weighted by Gasteiger charge is -2.20. The topological polar surface area (TPSA) is 0 Å². The Kier molecular flexibility index (Phi) is 3.49. The predicted octanol–water partition coefficient (Wildman–Crippen LogP) is 3.20. The molecule has 0 nitrogen and oxygen atoms in total. The van der Waals surface area contributed by atoms with E-state index in [0.29, 0.717) is 0 Å². The maximum absolute atomic E-state index is 11.9. The molecule has 0 aliphatic heterocycles. The van der Waals surface area contributed by atoms with Gasteiger partial charge >= 0.3 is 6.18 Å². The van der Waals surface area contributed by atoms with Crippen LogP contribution in [0.5, 0.6) is 0 Å². The molecular formula is C6H10ClF3. The number of rotatable bonds is 2. The zero-order valence-corrected chi connectivity index (χ0v) is 6.63. The number of halogens is 4. The number of hydrogen-bond donors (Lipinski definition) is 0. The Morgan fingerprint density at radius 3 is 1.80 bits per heavy atom. The van der Waals surface area contributed by atoms with E-state index >= 15 is 0 Å². The molecule has 0 N–H and O–H groups in total. The first-order valence-corrected chi connectivity index (χ1v) is 3.54. The van der Waals surface area contributed by atoms with E-state index in [4.69, 9.17) is 11.6 Å². The zero-order chi connectivity index (χ0) is 8.36. The van der Waals surface area contributed by atoms with E-state index in [1.807, 2.05) is 0 Å². The van der Waals surface area contributed by atoms with Crippen molar-refractivity contribution < 1.29 is 13.2 Å². The second kappa shape index (κ2) is 3.46. The maximum Gasteiger partial charge on any atom is 0.393 e. The Hall–Kier alpha value is 0.0800. The molecule has 0 aromatic carbocycles. The second-order valence-electron chi connectivity index (χ2n) is 2.23. The molecule has 0 fully saturated rings. The van der Waals surface area contributed by atoms with Crippen LogP contribution in [0.25, 0.3) is 0 Å². The summed E-state index contributed by atoms with van der Waals surface area (Å²) in [5, 5.41) is -0.829. The fourth-order valence-corrected chi connectivity index (χ4v) is 1.14. The smallest absolute Gasteiger partial charge is 0.171 e. The van der Waals surface area contributed by atoms with Crippen LogP contribution in [0, 0.1) is 5.92 Å². The summed E-state index contributed by atoms with van der Waals surface area (Å²) in [5.74, 6) is -1.37. The lowest BCUT2D eigenvalue weighted by atomic mass is 10.0. The normalized spacial score (nSPS) is 18.6. The van der Waals surface area contributed by atoms with Crippen LogP contribution in [0.1, 0.15) is 20.3 Å². The van der Waals surface area contributed by atoms with E-state index in [0.717, 1.165) is 0 Å².